The molecule has 0 aromatic heterocycles. The summed E-state index contributed by atoms with van der Waals surface area (Å²) in [6, 6.07) is 9.92. The minimum atomic E-state index is -0.643. The third-order valence-electron chi connectivity index (χ3n) is 4.67. The van der Waals surface area contributed by atoms with Crippen LogP contribution in [0, 0.1) is 0 Å². The zero-order valence-corrected chi connectivity index (χ0v) is 16.2. The van der Waals surface area contributed by atoms with Crippen LogP contribution >= 0.6 is 23.5 Å². The standard InChI is InChI=1S/C19H26O4S2/c1-14(22-13-15-6-3-2-4-7-15)17(20)10-16-11-19(12-18(21)23-16)24-8-5-9-25-19/h2-4,6-7,14,16-17,20H,5,8-13H2,1H3/t14-,16-,17-/m1/s1. The first-order chi connectivity index (χ1) is 12.1. The van der Waals surface area contributed by atoms with Crippen LogP contribution in [0.15, 0.2) is 30.3 Å². The van der Waals surface area contributed by atoms with Crippen molar-refractivity contribution in [2.75, 3.05) is 11.5 Å². The molecule has 2 aliphatic heterocycles. The van der Waals surface area contributed by atoms with Crippen molar-refractivity contribution in [1.29, 1.82) is 0 Å². The number of esters is 1. The average Bonchev–Trinajstić information content (AvgIpc) is 2.60. The molecule has 3 atom stereocenters. The Kier molecular flexibility index (Phi) is 6.72. The summed E-state index contributed by atoms with van der Waals surface area (Å²) in [6.07, 6.45) is 1.76. The molecule has 4 nitrogen and oxygen atoms in total. The van der Waals surface area contributed by atoms with Gasteiger partial charge in [-0.2, -0.15) is 0 Å². The molecule has 0 radical (unpaired) electrons. The molecule has 2 fully saturated rings. The smallest absolute Gasteiger partial charge is 0.308 e. The van der Waals surface area contributed by atoms with Crippen LogP contribution in [-0.4, -0.2) is 45.0 Å². The number of carbonyl (C=O) groups is 1. The fourth-order valence-electron chi connectivity index (χ4n) is 3.25. The highest BCUT2D eigenvalue weighted by Gasteiger charge is 2.44. The Bertz CT molecular complexity index is 560. The molecular formula is C19H26O4S2. The van der Waals surface area contributed by atoms with Gasteiger partial charge >= 0.3 is 5.97 Å². The molecule has 0 saturated carbocycles. The summed E-state index contributed by atoms with van der Waals surface area (Å²) < 4.78 is 11.3. The predicted molar refractivity (Wildman–Crippen MR) is 103 cm³/mol. The Balaban J connectivity index is 1.50. The SMILES string of the molecule is C[C@@H](OCc1ccccc1)[C@H](O)C[C@@H]1CC2(CC(=O)O1)SCCCS2. The van der Waals surface area contributed by atoms with Crippen molar-refractivity contribution in [1.82, 2.24) is 0 Å². The lowest BCUT2D eigenvalue weighted by Crippen LogP contribution is -2.43. The fourth-order valence-corrected chi connectivity index (χ4v) is 6.64. The maximum atomic E-state index is 12.0. The van der Waals surface area contributed by atoms with E-state index in [9.17, 15) is 9.90 Å². The summed E-state index contributed by atoms with van der Waals surface area (Å²) in [6.45, 7) is 2.34. The Labute approximate surface area is 158 Å². The number of carbonyl (C=O) groups excluding carboxylic acids is 1. The molecule has 138 valence electrons. The van der Waals surface area contributed by atoms with Crippen LogP contribution in [0.5, 0.6) is 0 Å². The van der Waals surface area contributed by atoms with Crippen LogP contribution in [-0.2, 0) is 20.9 Å². The monoisotopic (exact) mass is 382 g/mol. The second-order valence-corrected chi connectivity index (χ2v) is 9.97. The van der Waals surface area contributed by atoms with E-state index in [1.807, 2.05) is 60.8 Å². The number of hydrogen-bond donors (Lipinski definition) is 1. The van der Waals surface area contributed by atoms with Gasteiger partial charge in [-0.15, -0.1) is 23.5 Å². The molecule has 3 rings (SSSR count). The van der Waals surface area contributed by atoms with E-state index in [4.69, 9.17) is 9.47 Å². The highest BCUT2D eigenvalue weighted by atomic mass is 32.2. The van der Waals surface area contributed by atoms with Gasteiger partial charge in [0.25, 0.3) is 0 Å². The van der Waals surface area contributed by atoms with Crippen LogP contribution in [0.4, 0.5) is 0 Å². The Hall–Kier alpha value is -0.690. The van der Waals surface area contributed by atoms with E-state index >= 15 is 0 Å². The van der Waals surface area contributed by atoms with E-state index in [0.717, 1.165) is 23.5 Å². The van der Waals surface area contributed by atoms with Crippen molar-refractivity contribution in [2.45, 2.75) is 61.6 Å². The zero-order valence-electron chi connectivity index (χ0n) is 14.6. The number of aliphatic hydroxyl groups excluding tert-OH is 1. The molecule has 0 amide bonds. The largest absolute Gasteiger partial charge is 0.462 e. The number of hydrogen-bond acceptors (Lipinski definition) is 6. The topological polar surface area (TPSA) is 55.8 Å². The number of aliphatic hydroxyl groups is 1. The van der Waals surface area contributed by atoms with Crippen molar-refractivity contribution in [3.63, 3.8) is 0 Å². The van der Waals surface area contributed by atoms with Crippen molar-refractivity contribution < 1.29 is 19.4 Å². The van der Waals surface area contributed by atoms with Gasteiger partial charge in [0.15, 0.2) is 0 Å². The van der Waals surface area contributed by atoms with Crippen molar-refractivity contribution in [3.05, 3.63) is 35.9 Å². The van der Waals surface area contributed by atoms with E-state index < -0.39 is 6.10 Å². The fraction of sp³-hybridized carbons (Fsp3) is 0.632. The predicted octanol–water partition coefficient (Wildman–Crippen LogP) is 3.61. The van der Waals surface area contributed by atoms with Crippen LogP contribution in [0.1, 0.15) is 38.2 Å². The molecule has 1 N–H and O–H groups in total. The lowest BCUT2D eigenvalue weighted by atomic mass is 10.00. The van der Waals surface area contributed by atoms with Gasteiger partial charge in [-0.1, -0.05) is 30.3 Å². The number of cyclic esters (lactones) is 1. The molecule has 2 saturated heterocycles. The summed E-state index contributed by atoms with van der Waals surface area (Å²) in [5, 5.41) is 10.5. The molecule has 2 heterocycles. The van der Waals surface area contributed by atoms with Gasteiger partial charge in [-0.3, -0.25) is 4.79 Å². The zero-order chi connectivity index (χ0) is 17.7. The third-order valence-corrected chi connectivity index (χ3v) is 8.04. The summed E-state index contributed by atoms with van der Waals surface area (Å²) in [5.41, 5.74) is 1.08. The lowest BCUT2D eigenvalue weighted by Gasteiger charge is -2.42. The summed E-state index contributed by atoms with van der Waals surface area (Å²) in [4.78, 5) is 12.0. The maximum Gasteiger partial charge on any atom is 0.308 e. The van der Waals surface area contributed by atoms with E-state index in [0.29, 0.717) is 19.4 Å². The number of thioether (sulfide) groups is 2. The van der Waals surface area contributed by atoms with Crippen LogP contribution in [0.3, 0.4) is 0 Å². The first-order valence-corrected chi connectivity index (χ1v) is 10.8. The summed E-state index contributed by atoms with van der Waals surface area (Å²) in [7, 11) is 0. The molecule has 2 aliphatic rings. The molecule has 6 heteroatoms. The van der Waals surface area contributed by atoms with Gasteiger partial charge < -0.3 is 14.6 Å². The lowest BCUT2D eigenvalue weighted by molar-refractivity contribution is -0.157. The van der Waals surface area contributed by atoms with Crippen molar-refractivity contribution >= 4 is 29.5 Å². The van der Waals surface area contributed by atoms with E-state index in [2.05, 4.69) is 0 Å². The van der Waals surface area contributed by atoms with E-state index in [1.165, 1.54) is 6.42 Å². The summed E-state index contributed by atoms with van der Waals surface area (Å²) >= 11 is 3.77. The highest BCUT2D eigenvalue weighted by Crippen LogP contribution is 2.50. The van der Waals surface area contributed by atoms with Crippen molar-refractivity contribution in [3.8, 4) is 0 Å². The molecule has 0 bridgehead atoms. The molecule has 1 aromatic carbocycles. The van der Waals surface area contributed by atoms with E-state index in [-0.39, 0.29) is 22.3 Å². The van der Waals surface area contributed by atoms with Gasteiger partial charge in [0.1, 0.15) is 6.10 Å². The van der Waals surface area contributed by atoms with E-state index in [1.54, 1.807) is 0 Å². The quantitative estimate of drug-likeness (QED) is 0.759. The Morgan fingerprint density at radius 3 is 2.76 bits per heavy atom. The minimum absolute atomic E-state index is 0.0495. The van der Waals surface area contributed by atoms with Gasteiger partial charge in [-0.25, -0.2) is 0 Å². The Morgan fingerprint density at radius 2 is 2.04 bits per heavy atom. The molecule has 25 heavy (non-hydrogen) atoms. The number of benzene rings is 1. The Morgan fingerprint density at radius 1 is 1.32 bits per heavy atom. The first-order valence-electron chi connectivity index (χ1n) is 8.87. The van der Waals surface area contributed by atoms with Gasteiger partial charge in [0.2, 0.25) is 0 Å². The van der Waals surface area contributed by atoms with Crippen LogP contribution in [0.25, 0.3) is 0 Å². The van der Waals surface area contributed by atoms with Gasteiger partial charge in [-0.05, 0) is 30.4 Å². The molecule has 1 spiro atoms. The number of rotatable bonds is 6. The highest BCUT2D eigenvalue weighted by molar-refractivity contribution is 8.18. The molecular weight excluding hydrogens is 356 g/mol. The van der Waals surface area contributed by atoms with Crippen LogP contribution in [0.2, 0.25) is 0 Å². The number of ether oxygens (including phenoxy) is 2. The first kappa shape index (κ1) is 19.1. The molecule has 1 aromatic rings. The third kappa shape index (κ3) is 5.39. The van der Waals surface area contributed by atoms with Crippen molar-refractivity contribution in [2.24, 2.45) is 0 Å². The second kappa shape index (κ2) is 8.80. The average molecular weight is 383 g/mol. The normalized spacial score (nSPS) is 25.4. The minimum Gasteiger partial charge on any atom is -0.462 e. The second-order valence-electron chi connectivity index (χ2n) is 6.76. The summed E-state index contributed by atoms with van der Waals surface area (Å²) in [5.74, 6) is 2.07. The van der Waals surface area contributed by atoms with Gasteiger partial charge in [0, 0.05) is 12.8 Å². The molecule has 0 aliphatic carbocycles. The van der Waals surface area contributed by atoms with Gasteiger partial charge in [0.05, 0.1) is 29.3 Å². The van der Waals surface area contributed by atoms with Crippen LogP contribution < -0.4 is 0 Å². The molecule has 0 unspecified atom stereocenters. The maximum absolute atomic E-state index is 12.0.